The Morgan fingerprint density at radius 2 is 1.89 bits per heavy atom. The van der Waals surface area contributed by atoms with E-state index in [4.69, 9.17) is 5.73 Å². The number of rotatable bonds is 5. The van der Waals surface area contributed by atoms with Crippen molar-refractivity contribution in [1.29, 1.82) is 0 Å². The average molecular weight is 253 g/mol. The summed E-state index contributed by atoms with van der Waals surface area (Å²) in [6.07, 6.45) is 1.15. The maximum atomic E-state index is 11.3. The molecule has 18 heavy (non-hydrogen) atoms. The molecule has 0 amide bonds. The number of esters is 1. The number of aromatic hydroxyl groups is 2. The molecule has 0 aliphatic heterocycles. The van der Waals surface area contributed by atoms with Gasteiger partial charge in [-0.05, 0) is 36.5 Å². The zero-order valence-electron chi connectivity index (χ0n) is 10.6. The molecule has 0 aliphatic carbocycles. The second-order valence-corrected chi connectivity index (χ2v) is 4.25. The second-order valence-electron chi connectivity index (χ2n) is 4.25. The van der Waals surface area contributed by atoms with Gasteiger partial charge in [-0.25, -0.2) is 0 Å². The lowest BCUT2D eigenvalue weighted by molar-refractivity contribution is -0.142. The number of benzene rings is 1. The van der Waals surface area contributed by atoms with Crippen molar-refractivity contribution in [1.82, 2.24) is 0 Å². The number of carbonyl (C=O) groups is 1. The fourth-order valence-electron chi connectivity index (χ4n) is 1.95. The summed E-state index contributed by atoms with van der Waals surface area (Å²) in [6.45, 7) is 1.95. The van der Waals surface area contributed by atoms with E-state index in [1.165, 1.54) is 13.2 Å². The fraction of sp³-hybridized carbons (Fsp3) is 0.462. The third-order valence-corrected chi connectivity index (χ3v) is 2.93. The van der Waals surface area contributed by atoms with Gasteiger partial charge in [-0.2, -0.15) is 0 Å². The second kappa shape index (κ2) is 6.26. The summed E-state index contributed by atoms with van der Waals surface area (Å²) in [7, 11) is 1.29. The highest BCUT2D eigenvalue weighted by Gasteiger charge is 2.20. The molecular weight excluding hydrogens is 234 g/mol. The summed E-state index contributed by atoms with van der Waals surface area (Å²) >= 11 is 0. The lowest BCUT2D eigenvalue weighted by Gasteiger charge is -2.19. The average Bonchev–Trinajstić information content (AvgIpc) is 2.33. The first-order valence-corrected chi connectivity index (χ1v) is 5.84. The van der Waals surface area contributed by atoms with Gasteiger partial charge in [0.15, 0.2) is 0 Å². The van der Waals surface area contributed by atoms with E-state index in [1.54, 1.807) is 12.1 Å². The van der Waals surface area contributed by atoms with Crippen LogP contribution in [0.5, 0.6) is 11.5 Å². The number of nitrogens with two attached hydrogens (primary N) is 1. The number of phenolic OH excluding ortho intramolecular Hbond substituents is 2. The standard InChI is InChI=1S/C13H19NO4/c1-3-8(6-12(14)13(17)18-2)9-4-10(15)7-11(16)5-9/h4-5,7-8,12,15-16H,3,6,14H2,1-2H3. The van der Waals surface area contributed by atoms with Crippen molar-refractivity contribution in [2.75, 3.05) is 7.11 Å². The summed E-state index contributed by atoms with van der Waals surface area (Å²) in [5, 5.41) is 18.9. The van der Waals surface area contributed by atoms with Crippen molar-refractivity contribution in [3.63, 3.8) is 0 Å². The van der Waals surface area contributed by atoms with Gasteiger partial charge < -0.3 is 20.7 Å². The lowest BCUT2D eigenvalue weighted by atomic mass is 9.90. The molecule has 2 atom stereocenters. The molecule has 0 bridgehead atoms. The molecule has 2 unspecified atom stereocenters. The molecule has 1 aromatic rings. The van der Waals surface area contributed by atoms with Crippen molar-refractivity contribution in [3.8, 4) is 11.5 Å². The largest absolute Gasteiger partial charge is 0.508 e. The molecule has 0 saturated heterocycles. The van der Waals surface area contributed by atoms with Crippen LogP contribution in [0, 0.1) is 0 Å². The Labute approximate surface area is 106 Å². The van der Waals surface area contributed by atoms with E-state index in [0.717, 1.165) is 12.0 Å². The highest BCUT2D eigenvalue weighted by atomic mass is 16.5. The molecule has 4 N–H and O–H groups in total. The monoisotopic (exact) mass is 253 g/mol. The topological polar surface area (TPSA) is 92.8 Å². The highest BCUT2D eigenvalue weighted by molar-refractivity contribution is 5.75. The van der Waals surface area contributed by atoms with Crippen LogP contribution >= 0.6 is 0 Å². The first-order chi connectivity index (χ1) is 8.47. The molecule has 1 aromatic carbocycles. The van der Waals surface area contributed by atoms with Crippen LogP contribution in [0.2, 0.25) is 0 Å². The van der Waals surface area contributed by atoms with Gasteiger partial charge in [-0.15, -0.1) is 0 Å². The smallest absolute Gasteiger partial charge is 0.322 e. The van der Waals surface area contributed by atoms with Crippen LogP contribution in [0.3, 0.4) is 0 Å². The summed E-state index contributed by atoms with van der Waals surface area (Å²) in [5.74, 6) is -0.486. The van der Waals surface area contributed by atoms with Gasteiger partial charge in [0.05, 0.1) is 7.11 Å². The molecule has 0 radical (unpaired) electrons. The summed E-state index contributed by atoms with van der Waals surface area (Å²) in [4.78, 5) is 11.3. The van der Waals surface area contributed by atoms with Crippen molar-refractivity contribution in [2.24, 2.45) is 5.73 Å². The van der Waals surface area contributed by atoms with Crippen molar-refractivity contribution >= 4 is 5.97 Å². The Hall–Kier alpha value is -1.75. The third-order valence-electron chi connectivity index (χ3n) is 2.93. The molecule has 5 nitrogen and oxygen atoms in total. The maximum absolute atomic E-state index is 11.3. The molecule has 0 saturated carbocycles. The predicted octanol–water partition coefficient (Wildman–Crippen LogP) is 1.48. The van der Waals surface area contributed by atoms with Crippen molar-refractivity contribution in [2.45, 2.75) is 31.7 Å². The normalized spacial score (nSPS) is 13.9. The van der Waals surface area contributed by atoms with E-state index in [-0.39, 0.29) is 17.4 Å². The van der Waals surface area contributed by atoms with Gasteiger partial charge in [0.25, 0.3) is 0 Å². The van der Waals surface area contributed by atoms with E-state index in [9.17, 15) is 15.0 Å². The van der Waals surface area contributed by atoms with Gasteiger partial charge >= 0.3 is 5.97 Å². The highest BCUT2D eigenvalue weighted by Crippen LogP contribution is 2.30. The molecule has 0 fully saturated rings. The molecule has 100 valence electrons. The number of hydrogen-bond donors (Lipinski definition) is 3. The van der Waals surface area contributed by atoms with Crippen LogP contribution < -0.4 is 5.73 Å². The lowest BCUT2D eigenvalue weighted by Crippen LogP contribution is -2.33. The zero-order valence-corrected chi connectivity index (χ0v) is 10.6. The third kappa shape index (κ3) is 3.63. The zero-order chi connectivity index (χ0) is 13.7. The summed E-state index contributed by atoms with van der Waals surface area (Å²) in [5.41, 5.74) is 6.48. The fourth-order valence-corrected chi connectivity index (χ4v) is 1.95. The Bertz CT molecular complexity index is 399. The Morgan fingerprint density at radius 3 is 2.33 bits per heavy atom. The SMILES string of the molecule is CCC(CC(N)C(=O)OC)c1cc(O)cc(O)c1. The first kappa shape index (κ1) is 14.3. The Balaban J connectivity index is 2.86. The van der Waals surface area contributed by atoms with E-state index in [2.05, 4.69) is 4.74 Å². The van der Waals surface area contributed by atoms with Gasteiger partial charge in [0.2, 0.25) is 0 Å². The number of carbonyl (C=O) groups excluding carboxylic acids is 1. The van der Waals surface area contributed by atoms with Crippen LogP contribution in [0.25, 0.3) is 0 Å². The minimum atomic E-state index is -0.704. The predicted molar refractivity (Wildman–Crippen MR) is 67.4 cm³/mol. The summed E-state index contributed by atoms with van der Waals surface area (Å²) < 4.78 is 4.58. The number of ether oxygens (including phenoxy) is 1. The molecule has 0 spiro atoms. The minimum absolute atomic E-state index is 0.00455. The first-order valence-electron chi connectivity index (χ1n) is 5.84. The van der Waals surface area contributed by atoms with E-state index < -0.39 is 12.0 Å². The van der Waals surface area contributed by atoms with E-state index in [1.807, 2.05) is 6.92 Å². The molecule has 0 aliphatic rings. The van der Waals surface area contributed by atoms with Crippen LogP contribution in [-0.4, -0.2) is 29.3 Å². The molecule has 1 rings (SSSR count). The van der Waals surface area contributed by atoms with Gasteiger partial charge in [0.1, 0.15) is 17.5 Å². The Kier molecular flexibility index (Phi) is 4.97. The van der Waals surface area contributed by atoms with Gasteiger partial charge in [-0.3, -0.25) is 4.79 Å². The molecule has 0 heterocycles. The maximum Gasteiger partial charge on any atom is 0.322 e. The molecule has 5 heteroatoms. The van der Waals surface area contributed by atoms with Crippen LogP contribution in [0.1, 0.15) is 31.2 Å². The van der Waals surface area contributed by atoms with Crippen molar-refractivity contribution < 1.29 is 19.7 Å². The molecular formula is C13H19NO4. The van der Waals surface area contributed by atoms with Crippen LogP contribution in [0.15, 0.2) is 18.2 Å². The number of hydrogen-bond acceptors (Lipinski definition) is 5. The van der Waals surface area contributed by atoms with E-state index >= 15 is 0 Å². The van der Waals surface area contributed by atoms with Gasteiger partial charge in [0, 0.05) is 6.07 Å². The minimum Gasteiger partial charge on any atom is -0.508 e. The van der Waals surface area contributed by atoms with Crippen molar-refractivity contribution in [3.05, 3.63) is 23.8 Å². The van der Waals surface area contributed by atoms with Gasteiger partial charge in [-0.1, -0.05) is 6.92 Å². The van der Waals surface area contributed by atoms with Crippen LogP contribution in [-0.2, 0) is 9.53 Å². The quantitative estimate of drug-likeness (QED) is 0.691. The molecule has 0 aromatic heterocycles. The Morgan fingerprint density at radius 1 is 1.33 bits per heavy atom. The summed E-state index contributed by atoms with van der Waals surface area (Å²) in [6, 6.07) is 3.69. The van der Waals surface area contributed by atoms with Crippen LogP contribution in [0.4, 0.5) is 0 Å². The number of phenols is 2. The van der Waals surface area contributed by atoms with E-state index in [0.29, 0.717) is 6.42 Å². The number of methoxy groups -OCH3 is 1.